The Balaban J connectivity index is 1.70. The highest BCUT2D eigenvalue weighted by atomic mass is 16.6. The van der Waals surface area contributed by atoms with Crippen LogP contribution < -0.4 is 31.1 Å². The summed E-state index contributed by atoms with van der Waals surface area (Å²) in [5.41, 5.74) is -2.15. The fourth-order valence-electron chi connectivity index (χ4n) is 6.28. The van der Waals surface area contributed by atoms with Gasteiger partial charge < -0.3 is 50.0 Å². The first-order chi connectivity index (χ1) is 24.8. The average molecular weight is 757 g/mol. The highest BCUT2D eigenvalue weighted by molar-refractivity contribution is 5.91. The molecule has 0 radical (unpaired) electrons. The number of carbonyl (C=O) groups is 4. The van der Waals surface area contributed by atoms with Crippen LogP contribution in [0.25, 0.3) is 10.9 Å². The van der Waals surface area contributed by atoms with Crippen LogP contribution >= 0.6 is 0 Å². The number of ether oxygens (including phenoxy) is 4. The highest BCUT2D eigenvalue weighted by Gasteiger charge is 2.36. The van der Waals surface area contributed by atoms with Crippen LogP contribution in [0, 0.1) is 0 Å². The van der Waals surface area contributed by atoms with Crippen molar-refractivity contribution in [1.82, 2.24) is 31.2 Å². The first-order valence-corrected chi connectivity index (χ1v) is 18.6. The molecule has 2 aliphatic rings. The number of nitrogens with zero attached hydrogens (tertiary/aromatic N) is 4. The predicted molar refractivity (Wildman–Crippen MR) is 206 cm³/mol. The third-order valence-corrected chi connectivity index (χ3v) is 7.94. The van der Waals surface area contributed by atoms with Gasteiger partial charge in [-0.25, -0.2) is 24.2 Å². The normalized spacial score (nSPS) is 21.1. The van der Waals surface area contributed by atoms with Crippen molar-refractivity contribution in [3.63, 3.8) is 0 Å². The molecule has 1 aromatic carbocycles. The van der Waals surface area contributed by atoms with Crippen molar-refractivity contribution in [2.75, 3.05) is 36.0 Å². The lowest BCUT2D eigenvalue weighted by Gasteiger charge is -2.41. The second kappa shape index (κ2) is 16.3. The molecule has 0 bridgehead atoms. The van der Waals surface area contributed by atoms with Gasteiger partial charge in [0.2, 0.25) is 5.95 Å². The number of anilines is 2. The summed E-state index contributed by atoms with van der Waals surface area (Å²) in [5, 5.41) is 12.6. The fourth-order valence-corrected chi connectivity index (χ4v) is 6.28. The average Bonchev–Trinajstić information content (AvgIpc) is 2.96. The smallest absolute Gasteiger partial charge is 0.407 e. The summed E-state index contributed by atoms with van der Waals surface area (Å²) in [6.45, 7) is 22.9. The van der Waals surface area contributed by atoms with Gasteiger partial charge in [0.25, 0.3) is 0 Å². The van der Waals surface area contributed by atoms with Crippen LogP contribution in [0.15, 0.2) is 24.3 Å². The lowest BCUT2D eigenvalue weighted by molar-refractivity contribution is 0.0452. The topological polar surface area (TPSA) is 186 Å². The van der Waals surface area contributed by atoms with Crippen molar-refractivity contribution < 1.29 is 38.1 Å². The Labute approximate surface area is 318 Å². The molecule has 4 atom stereocenters. The van der Waals surface area contributed by atoms with Crippen molar-refractivity contribution in [1.29, 1.82) is 0 Å². The summed E-state index contributed by atoms with van der Waals surface area (Å²) in [7, 11) is 0. The third-order valence-electron chi connectivity index (χ3n) is 7.94. The quantitative estimate of drug-likeness (QED) is 0.267. The molecule has 3 heterocycles. The van der Waals surface area contributed by atoms with Gasteiger partial charge in [0.1, 0.15) is 28.2 Å². The number of para-hydroxylation sites is 1. The Morgan fingerprint density at radius 2 is 0.870 bits per heavy atom. The second-order valence-corrected chi connectivity index (χ2v) is 18.0. The van der Waals surface area contributed by atoms with Crippen molar-refractivity contribution in [2.24, 2.45) is 0 Å². The largest absolute Gasteiger partial charge is 0.444 e. The Bertz CT molecular complexity index is 1580. The summed E-state index contributed by atoms with van der Waals surface area (Å²) in [5.74, 6) is 0.954. The third kappa shape index (κ3) is 13.6. The zero-order valence-corrected chi connectivity index (χ0v) is 33.9. The van der Waals surface area contributed by atoms with E-state index in [0.717, 1.165) is 5.39 Å². The monoisotopic (exact) mass is 756 g/mol. The number of rotatable bonds is 6. The molecule has 2 aliphatic heterocycles. The summed E-state index contributed by atoms with van der Waals surface area (Å²) in [4.78, 5) is 65.7. The van der Waals surface area contributed by atoms with Gasteiger partial charge in [-0.2, -0.15) is 4.98 Å². The van der Waals surface area contributed by atoms with E-state index < -0.39 is 70.9 Å². The van der Waals surface area contributed by atoms with E-state index >= 15 is 0 Å². The number of piperidine rings is 2. The summed E-state index contributed by atoms with van der Waals surface area (Å²) in [6, 6.07) is 5.86. The van der Waals surface area contributed by atoms with Crippen LogP contribution in [0.4, 0.5) is 30.9 Å². The van der Waals surface area contributed by atoms with Crippen molar-refractivity contribution >= 4 is 47.0 Å². The molecule has 16 heteroatoms. The molecule has 2 aromatic rings. The summed E-state index contributed by atoms with van der Waals surface area (Å²) in [6.07, 6.45) is -1.46. The van der Waals surface area contributed by atoms with Gasteiger partial charge in [-0.05, 0) is 108 Å². The maximum atomic E-state index is 13.0. The van der Waals surface area contributed by atoms with E-state index in [1.165, 1.54) is 0 Å². The van der Waals surface area contributed by atoms with E-state index in [9.17, 15) is 19.2 Å². The van der Waals surface area contributed by atoms with Crippen molar-refractivity contribution in [2.45, 2.75) is 142 Å². The van der Waals surface area contributed by atoms with Crippen LogP contribution in [-0.4, -0.2) is 107 Å². The molecule has 300 valence electrons. The fraction of sp³-hybridized carbons (Fsp3) is 0.684. The van der Waals surface area contributed by atoms with Gasteiger partial charge in [-0.1, -0.05) is 12.1 Å². The minimum Gasteiger partial charge on any atom is -0.444 e. The second-order valence-electron chi connectivity index (χ2n) is 18.0. The molecular formula is C38H60N8O8. The van der Waals surface area contributed by atoms with Crippen LogP contribution in [0.1, 0.15) is 95.9 Å². The Hall–Kier alpha value is -4.76. The van der Waals surface area contributed by atoms with E-state index in [4.69, 9.17) is 28.9 Å². The van der Waals surface area contributed by atoms with Gasteiger partial charge in [0.15, 0.2) is 0 Å². The Morgan fingerprint density at radius 1 is 0.537 bits per heavy atom. The van der Waals surface area contributed by atoms with Gasteiger partial charge in [-0.15, -0.1) is 0 Å². The molecule has 2 saturated heterocycles. The predicted octanol–water partition coefficient (Wildman–Crippen LogP) is 5.62. The first-order valence-electron chi connectivity index (χ1n) is 18.6. The van der Waals surface area contributed by atoms with E-state index in [-0.39, 0.29) is 0 Å². The molecular weight excluding hydrogens is 696 g/mol. The Morgan fingerprint density at radius 3 is 1.22 bits per heavy atom. The molecule has 16 nitrogen and oxygen atoms in total. The summed E-state index contributed by atoms with van der Waals surface area (Å²) < 4.78 is 22.2. The Kier molecular flexibility index (Phi) is 12.7. The van der Waals surface area contributed by atoms with Gasteiger partial charge in [0, 0.05) is 31.6 Å². The number of hydrogen-bond donors (Lipinski definition) is 4. The number of aromatic nitrogens is 2. The van der Waals surface area contributed by atoms with Gasteiger partial charge in [0.05, 0.1) is 29.7 Å². The number of carbonyl (C=O) groups excluding carboxylic acids is 4. The highest BCUT2D eigenvalue weighted by Crippen LogP contribution is 2.30. The lowest BCUT2D eigenvalue weighted by atomic mass is 10.00. The van der Waals surface area contributed by atoms with E-state index in [1.807, 2.05) is 34.1 Å². The van der Waals surface area contributed by atoms with Gasteiger partial charge in [-0.3, -0.25) is 0 Å². The number of hydrogen-bond acceptors (Lipinski definition) is 12. The van der Waals surface area contributed by atoms with Crippen LogP contribution in [0.3, 0.4) is 0 Å². The molecule has 4 N–H and O–H groups in total. The van der Waals surface area contributed by atoms with E-state index in [2.05, 4.69) is 21.3 Å². The maximum absolute atomic E-state index is 13.0. The van der Waals surface area contributed by atoms with Crippen molar-refractivity contribution in [3.8, 4) is 0 Å². The summed E-state index contributed by atoms with van der Waals surface area (Å²) >= 11 is 0. The minimum absolute atomic E-state index is 0.329. The SMILES string of the molecule is CC(C)(C)OC(=O)NC1CC(NC(=O)OC(C)(C)C)CN(c2nc(N3CC(NC(=O)OC(C)(C)C)CC(NC(=O)OC(C)(C)C)C3)c3ccccc3n2)C1. The molecule has 4 unspecified atom stereocenters. The maximum Gasteiger partial charge on any atom is 0.407 e. The number of fused-ring (bicyclic) bond motifs is 1. The van der Waals surface area contributed by atoms with E-state index in [1.54, 1.807) is 83.1 Å². The lowest BCUT2D eigenvalue weighted by Crippen LogP contribution is -2.59. The number of benzene rings is 1. The van der Waals surface area contributed by atoms with Crippen LogP contribution in [0.2, 0.25) is 0 Å². The van der Waals surface area contributed by atoms with Crippen molar-refractivity contribution in [3.05, 3.63) is 24.3 Å². The van der Waals surface area contributed by atoms with Crippen LogP contribution in [-0.2, 0) is 18.9 Å². The first kappa shape index (κ1) is 42.0. The molecule has 4 amide bonds. The molecule has 2 fully saturated rings. The molecule has 0 aliphatic carbocycles. The molecule has 54 heavy (non-hydrogen) atoms. The minimum atomic E-state index is -0.705. The number of amides is 4. The zero-order valence-electron chi connectivity index (χ0n) is 33.9. The molecule has 4 rings (SSSR count). The number of nitrogens with one attached hydrogen (secondary N) is 4. The standard InChI is InChI=1S/C38H60N8O8/c1-35(2,3)51-31(47)39-23-17-24(40-32(48)52-36(4,5)6)20-45(19-23)29-27-15-13-14-16-28(27)43-30(44-29)46-21-25(41-33(49)53-37(7,8)9)18-26(22-46)42-34(50)54-38(10,11)12/h13-16,23-26H,17-22H2,1-12H3,(H,39,47)(H,40,48)(H,41,49)(H,42,50). The molecule has 0 spiro atoms. The molecule has 0 saturated carbocycles. The van der Waals surface area contributed by atoms with Gasteiger partial charge >= 0.3 is 24.4 Å². The van der Waals surface area contributed by atoms with Crippen LogP contribution in [0.5, 0.6) is 0 Å². The molecule has 1 aromatic heterocycles. The zero-order chi connectivity index (χ0) is 40.2. The van der Waals surface area contributed by atoms with E-state index in [0.29, 0.717) is 56.3 Å². The number of alkyl carbamates (subject to hydrolysis) is 4.